The minimum Gasteiger partial charge on any atom is -0.504 e. The molecule has 0 unspecified atom stereocenters. The van der Waals surface area contributed by atoms with E-state index >= 15 is 0 Å². The van der Waals surface area contributed by atoms with Crippen molar-refractivity contribution in [2.24, 2.45) is 5.10 Å². The molecule has 0 radical (unpaired) electrons. The zero-order valence-corrected chi connectivity index (χ0v) is 15.3. The molecule has 0 aliphatic heterocycles. The van der Waals surface area contributed by atoms with Gasteiger partial charge in [0.1, 0.15) is 0 Å². The lowest BCUT2D eigenvalue weighted by atomic mass is 10.1. The lowest BCUT2D eigenvalue weighted by Crippen LogP contribution is -2.18. The molecule has 0 fully saturated rings. The first-order chi connectivity index (χ1) is 14.0. The van der Waals surface area contributed by atoms with Crippen molar-refractivity contribution >= 4 is 17.8 Å². The molecule has 1 amide bonds. The molecule has 0 atom stereocenters. The second kappa shape index (κ2) is 8.65. The van der Waals surface area contributed by atoms with E-state index in [1.54, 1.807) is 29.1 Å². The van der Waals surface area contributed by atoms with Crippen LogP contribution < -0.4 is 10.2 Å². The first-order valence-electron chi connectivity index (χ1n) is 8.43. The Balaban J connectivity index is 1.73. The van der Waals surface area contributed by atoms with Crippen molar-refractivity contribution in [2.45, 2.75) is 6.54 Å². The number of nitrogens with one attached hydrogen (secondary N) is 1. The summed E-state index contributed by atoms with van der Waals surface area (Å²) in [5.41, 5.74) is 3.35. The number of hydrogen-bond donors (Lipinski definition) is 2. The molecule has 0 bridgehead atoms. The van der Waals surface area contributed by atoms with Crippen molar-refractivity contribution in [1.82, 2.24) is 15.2 Å². The average Bonchev–Trinajstić information content (AvgIpc) is 3.22. The van der Waals surface area contributed by atoms with Gasteiger partial charge in [-0.15, -0.1) is 0 Å². The number of amides is 1. The third-order valence-electron chi connectivity index (χ3n) is 3.98. The molecular weight excluding hydrogens is 378 g/mol. The van der Waals surface area contributed by atoms with Gasteiger partial charge in [-0.2, -0.15) is 10.2 Å². The van der Waals surface area contributed by atoms with Crippen molar-refractivity contribution in [3.05, 3.63) is 81.7 Å². The standard InChI is InChI=1S/C19H17N5O5/c1-29-17-10-16(24(27)28)9-15(18(17)25)11-20-22-19(26)14-5-2-4-13(8-14)12-23-7-3-6-21-23/h2-11,25H,12H2,1H3,(H,22,26)/b20-11+. The van der Waals surface area contributed by atoms with E-state index in [1.165, 1.54) is 7.11 Å². The fourth-order valence-corrected chi connectivity index (χ4v) is 2.59. The van der Waals surface area contributed by atoms with Crippen LogP contribution in [0.1, 0.15) is 21.5 Å². The van der Waals surface area contributed by atoms with Crippen LogP contribution in [0, 0.1) is 10.1 Å². The van der Waals surface area contributed by atoms with Crippen LogP contribution in [0.4, 0.5) is 5.69 Å². The Hall–Kier alpha value is -4.21. The van der Waals surface area contributed by atoms with Gasteiger partial charge in [0.15, 0.2) is 11.5 Å². The van der Waals surface area contributed by atoms with E-state index in [1.807, 2.05) is 18.3 Å². The summed E-state index contributed by atoms with van der Waals surface area (Å²) in [6, 6.07) is 11.0. The van der Waals surface area contributed by atoms with Crippen LogP contribution in [0.25, 0.3) is 0 Å². The number of carbonyl (C=O) groups excluding carboxylic acids is 1. The number of nitrogens with zero attached hydrogens (tertiary/aromatic N) is 4. The number of phenolic OH excluding ortho intramolecular Hbond substituents is 1. The number of phenols is 1. The van der Waals surface area contributed by atoms with Crippen LogP contribution in [-0.4, -0.2) is 39.0 Å². The molecule has 10 nitrogen and oxygen atoms in total. The lowest BCUT2D eigenvalue weighted by molar-refractivity contribution is -0.385. The number of aromatic hydroxyl groups is 1. The maximum Gasteiger partial charge on any atom is 0.274 e. The van der Waals surface area contributed by atoms with Gasteiger partial charge >= 0.3 is 0 Å². The van der Waals surface area contributed by atoms with Crippen LogP contribution in [0.2, 0.25) is 0 Å². The van der Waals surface area contributed by atoms with Crippen molar-refractivity contribution in [2.75, 3.05) is 7.11 Å². The molecule has 0 saturated heterocycles. The van der Waals surface area contributed by atoms with Crippen LogP contribution in [0.3, 0.4) is 0 Å². The number of rotatable bonds is 7. The maximum atomic E-state index is 12.3. The Morgan fingerprint density at radius 3 is 2.90 bits per heavy atom. The van der Waals surface area contributed by atoms with Crippen LogP contribution in [0.5, 0.6) is 11.5 Å². The molecule has 1 aromatic heterocycles. The van der Waals surface area contributed by atoms with Gasteiger partial charge in [-0.1, -0.05) is 12.1 Å². The smallest absolute Gasteiger partial charge is 0.274 e. The Morgan fingerprint density at radius 1 is 1.38 bits per heavy atom. The molecule has 1 heterocycles. The van der Waals surface area contributed by atoms with Crippen molar-refractivity contribution in [3.8, 4) is 11.5 Å². The number of benzene rings is 2. The van der Waals surface area contributed by atoms with Crippen molar-refractivity contribution in [1.29, 1.82) is 0 Å². The molecule has 0 saturated carbocycles. The third-order valence-corrected chi connectivity index (χ3v) is 3.98. The summed E-state index contributed by atoms with van der Waals surface area (Å²) in [5, 5.41) is 29.0. The number of methoxy groups -OCH3 is 1. The average molecular weight is 395 g/mol. The number of nitro groups is 1. The molecule has 0 aliphatic carbocycles. The third kappa shape index (κ3) is 4.75. The van der Waals surface area contributed by atoms with Crippen LogP contribution in [-0.2, 0) is 6.54 Å². The highest BCUT2D eigenvalue weighted by Crippen LogP contribution is 2.33. The Bertz CT molecular complexity index is 1060. The Morgan fingerprint density at radius 2 is 2.21 bits per heavy atom. The van der Waals surface area contributed by atoms with Gasteiger partial charge in [-0.3, -0.25) is 19.6 Å². The summed E-state index contributed by atoms with van der Waals surface area (Å²) in [4.78, 5) is 22.7. The maximum absolute atomic E-state index is 12.3. The highest BCUT2D eigenvalue weighted by molar-refractivity contribution is 5.95. The summed E-state index contributed by atoms with van der Waals surface area (Å²) in [6.45, 7) is 0.513. The highest BCUT2D eigenvalue weighted by Gasteiger charge is 2.16. The van der Waals surface area contributed by atoms with Gasteiger partial charge in [0.05, 0.1) is 30.9 Å². The van der Waals surface area contributed by atoms with E-state index < -0.39 is 10.8 Å². The highest BCUT2D eigenvalue weighted by atomic mass is 16.6. The minimum atomic E-state index is -0.622. The molecule has 0 aliphatic rings. The largest absolute Gasteiger partial charge is 0.504 e. The van der Waals surface area contributed by atoms with Crippen molar-refractivity contribution < 1.29 is 19.6 Å². The lowest BCUT2D eigenvalue weighted by Gasteiger charge is -2.06. The van der Waals surface area contributed by atoms with Gasteiger partial charge < -0.3 is 9.84 Å². The van der Waals surface area contributed by atoms with E-state index in [0.717, 1.165) is 23.9 Å². The summed E-state index contributed by atoms with van der Waals surface area (Å²) >= 11 is 0. The normalized spacial score (nSPS) is 10.8. The molecule has 0 spiro atoms. The molecule has 29 heavy (non-hydrogen) atoms. The fraction of sp³-hybridized carbons (Fsp3) is 0.105. The second-order valence-electron chi connectivity index (χ2n) is 5.95. The van der Waals surface area contributed by atoms with Gasteiger partial charge in [0.2, 0.25) is 0 Å². The topological polar surface area (TPSA) is 132 Å². The van der Waals surface area contributed by atoms with Gasteiger partial charge in [-0.25, -0.2) is 5.43 Å². The van der Waals surface area contributed by atoms with Crippen molar-refractivity contribution in [3.63, 3.8) is 0 Å². The van der Waals surface area contributed by atoms with Gasteiger partial charge in [-0.05, 0) is 23.8 Å². The molecule has 148 valence electrons. The number of hydrogen-bond acceptors (Lipinski definition) is 7. The molecular formula is C19H17N5O5. The first-order valence-corrected chi connectivity index (χ1v) is 8.43. The Labute approximate surface area is 165 Å². The van der Waals surface area contributed by atoms with E-state index in [2.05, 4.69) is 15.6 Å². The number of non-ortho nitro benzene ring substituents is 1. The second-order valence-corrected chi connectivity index (χ2v) is 5.95. The zero-order valence-electron chi connectivity index (χ0n) is 15.3. The van der Waals surface area contributed by atoms with E-state index in [9.17, 15) is 20.0 Å². The van der Waals surface area contributed by atoms with Gasteiger partial charge in [0, 0.05) is 29.6 Å². The number of hydrazone groups is 1. The summed E-state index contributed by atoms with van der Waals surface area (Å²) in [5.74, 6) is -0.865. The number of ether oxygens (including phenoxy) is 1. The van der Waals surface area contributed by atoms with Gasteiger partial charge in [0.25, 0.3) is 11.6 Å². The summed E-state index contributed by atoms with van der Waals surface area (Å²) in [6.07, 6.45) is 4.59. The molecule has 2 N–H and O–H groups in total. The summed E-state index contributed by atoms with van der Waals surface area (Å²) in [7, 11) is 1.28. The number of carbonyl (C=O) groups is 1. The molecule has 10 heteroatoms. The fourth-order valence-electron chi connectivity index (χ4n) is 2.59. The first kappa shape index (κ1) is 19.5. The van der Waals surface area contributed by atoms with Crippen LogP contribution in [0.15, 0.2) is 60.0 Å². The van der Waals surface area contributed by atoms with E-state index in [-0.39, 0.29) is 22.7 Å². The SMILES string of the molecule is COc1cc([N+](=O)[O-])cc(/C=N/NC(=O)c2cccc(Cn3cccn3)c2)c1O. The Kier molecular flexibility index (Phi) is 5.83. The van der Waals surface area contributed by atoms with E-state index in [0.29, 0.717) is 12.1 Å². The quantitative estimate of drug-likeness (QED) is 0.358. The number of nitro benzene ring substituents is 1. The van der Waals surface area contributed by atoms with E-state index in [4.69, 9.17) is 4.74 Å². The summed E-state index contributed by atoms with van der Waals surface area (Å²) < 4.78 is 6.65. The molecule has 2 aromatic carbocycles. The number of aromatic nitrogens is 2. The monoisotopic (exact) mass is 395 g/mol. The predicted octanol–water partition coefficient (Wildman–Crippen LogP) is 2.32. The molecule has 3 rings (SSSR count). The predicted molar refractivity (Wildman–Crippen MR) is 104 cm³/mol. The minimum absolute atomic E-state index is 0.0313. The molecule has 3 aromatic rings. The zero-order chi connectivity index (χ0) is 20.8. The van der Waals surface area contributed by atoms with Crippen LogP contribution >= 0.6 is 0 Å².